The van der Waals surface area contributed by atoms with Crippen molar-refractivity contribution >= 4 is 0 Å². The van der Waals surface area contributed by atoms with Crippen molar-refractivity contribution in [3.63, 3.8) is 0 Å². The molecular formula is C27H24. The van der Waals surface area contributed by atoms with Crippen molar-refractivity contribution < 1.29 is 0 Å². The van der Waals surface area contributed by atoms with E-state index in [-0.39, 0.29) is 0 Å². The molecule has 0 atom stereocenters. The summed E-state index contributed by atoms with van der Waals surface area (Å²) in [5.74, 6) is 0. The molecule has 132 valence electrons. The number of benzene rings is 4. The fourth-order valence-electron chi connectivity index (χ4n) is 3.77. The van der Waals surface area contributed by atoms with E-state index in [0.717, 1.165) is 0 Å². The number of hydrogen-bond acceptors (Lipinski definition) is 0. The van der Waals surface area contributed by atoms with Crippen LogP contribution >= 0.6 is 0 Å². The third-order valence-corrected chi connectivity index (χ3v) is 5.18. The molecule has 0 bridgehead atoms. The fraction of sp³-hybridized carbons (Fsp3) is 0.111. The molecule has 0 saturated carbocycles. The van der Waals surface area contributed by atoms with E-state index < -0.39 is 0 Å². The van der Waals surface area contributed by atoms with Gasteiger partial charge in [-0.2, -0.15) is 0 Å². The van der Waals surface area contributed by atoms with E-state index in [2.05, 4.69) is 112 Å². The summed E-state index contributed by atoms with van der Waals surface area (Å²) >= 11 is 0. The van der Waals surface area contributed by atoms with Gasteiger partial charge < -0.3 is 0 Å². The van der Waals surface area contributed by atoms with Crippen LogP contribution in [0.15, 0.2) is 91.0 Å². The Labute approximate surface area is 162 Å². The Hall–Kier alpha value is -3.12. The van der Waals surface area contributed by atoms with Crippen LogP contribution in [-0.2, 0) is 0 Å². The predicted molar refractivity (Wildman–Crippen MR) is 117 cm³/mol. The first-order valence-electron chi connectivity index (χ1n) is 9.46. The zero-order chi connectivity index (χ0) is 18.8. The van der Waals surface area contributed by atoms with E-state index in [0.29, 0.717) is 0 Å². The van der Waals surface area contributed by atoms with Gasteiger partial charge in [-0.15, -0.1) is 0 Å². The van der Waals surface area contributed by atoms with Gasteiger partial charge in [-0.25, -0.2) is 0 Å². The van der Waals surface area contributed by atoms with Crippen LogP contribution in [0.25, 0.3) is 33.4 Å². The molecule has 0 heteroatoms. The SMILES string of the molecule is Cc1cc(-c2ccccc2)cc(-c2ccc(-c3ccccc3C)c(C)c2)c1. The second-order valence-corrected chi connectivity index (χ2v) is 7.30. The van der Waals surface area contributed by atoms with Gasteiger partial charge in [-0.3, -0.25) is 0 Å². The van der Waals surface area contributed by atoms with Crippen LogP contribution in [-0.4, -0.2) is 0 Å². The van der Waals surface area contributed by atoms with Gasteiger partial charge in [0.05, 0.1) is 0 Å². The van der Waals surface area contributed by atoms with Crippen molar-refractivity contribution in [3.05, 3.63) is 108 Å². The Morgan fingerprint density at radius 3 is 1.74 bits per heavy atom. The monoisotopic (exact) mass is 348 g/mol. The van der Waals surface area contributed by atoms with Crippen molar-refractivity contribution in [2.75, 3.05) is 0 Å². The molecule has 0 fully saturated rings. The molecule has 0 spiro atoms. The van der Waals surface area contributed by atoms with Gasteiger partial charge in [-0.05, 0) is 76.9 Å². The van der Waals surface area contributed by atoms with Crippen LogP contribution in [0.2, 0.25) is 0 Å². The topological polar surface area (TPSA) is 0 Å². The molecule has 0 N–H and O–H groups in total. The van der Waals surface area contributed by atoms with Crippen molar-refractivity contribution in [2.24, 2.45) is 0 Å². The van der Waals surface area contributed by atoms with Crippen LogP contribution in [0, 0.1) is 20.8 Å². The van der Waals surface area contributed by atoms with Crippen molar-refractivity contribution in [3.8, 4) is 33.4 Å². The Morgan fingerprint density at radius 2 is 1.04 bits per heavy atom. The number of hydrogen-bond donors (Lipinski definition) is 0. The molecule has 0 aromatic heterocycles. The van der Waals surface area contributed by atoms with E-state index in [9.17, 15) is 0 Å². The van der Waals surface area contributed by atoms with Crippen LogP contribution in [0.4, 0.5) is 0 Å². The molecule has 0 saturated heterocycles. The first-order valence-corrected chi connectivity index (χ1v) is 9.46. The lowest BCUT2D eigenvalue weighted by molar-refractivity contribution is 1.40. The zero-order valence-corrected chi connectivity index (χ0v) is 16.2. The van der Waals surface area contributed by atoms with Crippen molar-refractivity contribution in [1.29, 1.82) is 0 Å². The smallest absolute Gasteiger partial charge is 0.0152 e. The summed E-state index contributed by atoms with van der Waals surface area (Å²) in [6, 6.07) is 32.8. The summed E-state index contributed by atoms with van der Waals surface area (Å²) in [5.41, 5.74) is 11.6. The maximum atomic E-state index is 2.31. The molecule has 0 aliphatic rings. The zero-order valence-electron chi connectivity index (χ0n) is 16.2. The average molecular weight is 348 g/mol. The highest BCUT2D eigenvalue weighted by molar-refractivity contribution is 5.78. The third-order valence-electron chi connectivity index (χ3n) is 5.18. The first-order chi connectivity index (χ1) is 13.1. The van der Waals surface area contributed by atoms with Gasteiger partial charge in [0.1, 0.15) is 0 Å². The summed E-state index contributed by atoms with van der Waals surface area (Å²) in [7, 11) is 0. The minimum absolute atomic E-state index is 1.26. The standard InChI is InChI=1S/C27H24/c1-19-15-24(22-10-5-4-6-11-22)18-25(16-19)23-13-14-27(21(3)17-23)26-12-8-7-9-20(26)2/h4-18H,1-3H3. The molecule has 27 heavy (non-hydrogen) atoms. The van der Waals surface area contributed by atoms with Gasteiger partial charge in [0.25, 0.3) is 0 Å². The van der Waals surface area contributed by atoms with E-state index >= 15 is 0 Å². The highest BCUT2D eigenvalue weighted by Gasteiger charge is 2.08. The molecule has 4 rings (SSSR count). The molecule has 0 heterocycles. The van der Waals surface area contributed by atoms with Crippen LogP contribution in [0.5, 0.6) is 0 Å². The Morgan fingerprint density at radius 1 is 0.407 bits per heavy atom. The highest BCUT2D eigenvalue weighted by atomic mass is 14.1. The Kier molecular flexibility index (Phi) is 4.64. The van der Waals surface area contributed by atoms with Crippen LogP contribution in [0.3, 0.4) is 0 Å². The molecule has 0 radical (unpaired) electrons. The fourth-order valence-corrected chi connectivity index (χ4v) is 3.77. The molecule has 0 amide bonds. The van der Waals surface area contributed by atoms with Crippen molar-refractivity contribution in [2.45, 2.75) is 20.8 Å². The van der Waals surface area contributed by atoms with Gasteiger partial charge in [0.15, 0.2) is 0 Å². The van der Waals surface area contributed by atoms with Gasteiger partial charge in [-0.1, -0.05) is 84.9 Å². The lowest BCUT2D eigenvalue weighted by Gasteiger charge is -2.13. The van der Waals surface area contributed by atoms with Crippen molar-refractivity contribution in [1.82, 2.24) is 0 Å². The summed E-state index contributed by atoms with van der Waals surface area (Å²) in [6.45, 7) is 6.55. The van der Waals surface area contributed by atoms with Gasteiger partial charge in [0, 0.05) is 0 Å². The van der Waals surface area contributed by atoms with E-state index in [4.69, 9.17) is 0 Å². The maximum Gasteiger partial charge on any atom is -0.0152 e. The normalized spacial score (nSPS) is 10.8. The molecule has 4 aromatic carbocycles. The molecule has 0 nitrogen and oxygen atoms in total. The largest absolute Gasteiger partial charge is 0.0622 e. The second-order valence-electron chi connectivity index (χ2n) is 7.30. The summed E-state index contributed by atoms with van der Waals surface area (Å²) in [5, 5.41) is 0. The minimum atomic E-state index is 1.26. The number of aryl methyl sites for hydroxylation is 3. The quantitative estimate of drug-likeness (QED) is 0.357. The molecule has 0 aliphatic heterocycles. The lowest BCUT2D eigenvalue weighted by Crippen LogP contribution is -1.89. The summed E-state index contributed by atoms with van der Waals surface area (Å²) in [4.78, 5) is 0. The average Bonchev–Trinajstić information content (AvgIpc) is 2.69. The van der Waals surface area contributed by atoms with Crippen LogP contribution in [0.1, 0.15) is 16.7 Å². The third kappa shape index (κ3) is 3.57. The molecule has 0 aliphatic carbocycles. The second kappa shape index (κ2) is 7.25. The lowest BCUT2D eigenvalue weighted by atomic mass is 9.92. The molecular weight excluding hydrogens is 324 g/mol. The molecule has 4 aromatic rings. The molecule has 0 unspecified atom stereocenters. The van der Waals surface area contributed by atoms with Crippen LogP contribution < -0.4 is 0 Å². The van der Waals surface area contributed by atoms with Gasteiger partial charge >= 0.3 is 0 Å². The maximum absolute atomic E-state index is 2.31. The first kappa shape index (κ1) is 17.3. The van der Waals surface area contributed by atoms with E-state index in [1.54, 1.807) is 0 Å². The Bertz CT molecular complexity index is 1090. The highest BCUT2D eigenvalue weighted by Crippen LogP contribution is 2.32. The number of rotatable bonds is 3. The summed E-state index contributed by atoms with van der Waals surface area (Å²) < 4.78 is 0. The summed E-state index contributed by atoms with van der Waals surface area (Å²) in [6.07, 6.45) is 0. The van der Waals surface area contributed by atoms with Gasteiger partial charge in [0.2, 0.25) is 0 Å². The van der Waals surface area contributed by atoms with E-state index in [1.165, 1.54) is 50.1 Å². The predicted octanol–water partition coefficient (Wildman–Crippen LogP) is 7.61. The Balaban J connectivity index is 1.78. The van der Waals surface area contributed by atoms with E-state index in [1.807, 2.05) is 0 Å². The minimum Gasteiger partial charge on any atom is -0.0622 e.